The van der Waals surface area contributed by atoms with Gasteiger partial charge in [0.05, 0.1) is 23.8 Å². The van der Waals surface area contributed by atoms with Gasteiger partial charge in [-0.3, -0.25) is 14.8 Å². The van der Waals surface area contributed by atoms with Crippen LogP contribution in [0.3, 0.4) is 0 Å². The van der Waals surface area contributed by atoms with Crippen molar-refractivity contribution in [2.75, 3.05) is 64.4 Å². The summed E-state index contributed by atoms with van der Waals surface area (Å²) in [5.41, 5.74) is 0. The van der Waals surface area contributed by atoms with E-state index in [1.165, 1.54) is 12.8 Å². The van der Waals surface area contributed by atoms with Crippen molar-refractivity contribution in [1.29, 1.82) is 0 Å². The van der Waals surface area contributed by atoms with E-state index in [1.54, 1.807) is 13.3 Å². The number of sulfone groups is 1. The summed E-state index contributed by atoms with van der Waals surface area (Å²) in [5.74, 6) is 2.27. The second-order valence-electron chi connectivity index (χ2n) is 7.15. The highest BCUT2D eigenvalue weighted by Gasteiger charge is 2.25. The van der Waals surface area contributed by atoms with Gasteiger partial charge in [0, 0.05) is 39.8 Å². The highest BCUT2D eigenvalue weighted by molar-refractivity contribution is 14.0. The van der Waals surface area contributed by atoms with Crippen molar-refractivity contribution in [3.05, 3.63) is 24.2 Å². The summed E-state index contributed by atoms with van der Waals surface area (Å²) in [5, 5.41) is 6.74. The van der Waals surface area contributed by atoms with Crippen LogP contribution in [-0.4, -0.2) is 88.5 Å². The van der Waals surface area contributed by atoms with E-state index in [4.69, 9.17) is 4.42 Å². The lowest BCUT2D eigenvalue weighted by Gasteiger charge is -2.28. The van der Waals surface area contributed by atoms with Crippen LogP contribution >= 0.6 is 24.0 Å². The normalized spacial score (nSPS) is 21.8. The van der Waals surface area contributed by atoms with Gasteiger partial charge in [0.25, 0.3) is 0 Å². The fourth-order valence-electron chi connectivity index (χ4n) is 3.66. The maximum Gasteiger partial charge on any atom is 0.191 e. The predicted octanol–water partition coefficient (Wildman–Crippen LogP) is 0.930. The maximum absolute atomic E-state index is 11.5. The zero-order valence-electron chi connectivity index (χ0n) is 16.5. The monoisotopic (exact) mass is 525 g/mol. The average molecular weight is 525 g/mol. The van der Waals surface area contributed by atoms with Gasteiger partial charge in [0.1, 0.15) is 5.76 Å². The van der Waals surface area contributed by atoms with Gasteiger partial charge in [-0.25, -0.2) is 8.42 Å². The minimum Gasteiger partial charge on any atom is -0.468 e. The second kappa shape index (κ2) is 11.4. The summed E-state index contributed by atoms with van der Waals surface area (Å²) in [6.07, 6.45) is 4.19. The highest BCUT2D eigenvalue weighted by atomic mass is 127. The highest BCUT2D eigenvalue weighted by Crippen LogP contribution is 2.24. The summed E-state index contributed by atoms with van der Waals surface area (Å²) in [7, 11) is -1.06. The summed E-state index contributed by atoms with van der Waals surface area (Å²) in [4.78, 5) is 8.93. The Bertz CT molecular complexity index is 691. The van der Waals surface area contributed by atoms with Crippen molar-refractivity contribution >= 4 is 39.8 Å². The lowest BCUT2D eigenvalue weighted by Crippen LogP contribution is -2.47. The predicted molar refractivity (Wildman–Crippen MR) is 122 cm³/mol. The average Bonchev–Trinajstić information content (AvgIpc) is 3.36. The molecule has 0 bridgehead atoms. The SMILES string of the molecule is CN=C(NCCN1CCS(=O)(=O)CC1)NCC(c1ccco1)N1CCCC1.I. The van der Waals surface area contributed by atoms with Crippen LogP contribution in [0.5, 0.6) is 0 Å². The molecule has 0 saturated carbocycles. The molecule has 0 aromatic carbocycles. The molecule has 3 heterocycles. The van der Waals surface area contributed by atoms with Crippen molar-refractivity contribution < 1.29 is 12.8 Å². The van der Waals surface area contributed by atoms with E-state index in [0.29, 0.717) is 13.1 Å². The smallest absolute Gasteiger partial charge is 0.191 e. The number of aliphatic imine (C=N–C) groups is 1. The number of hydrogen-bond donors (Lipinski definition) is 2. The number of rotatable bonds is 7. The third-order valence-electron chi connectivity index (χ3n) is 5.30. The van der Waals surface area contributed by atoms with Crippen molar-refractivity contribution in [3.8, 4) is 0 Å². The molecule has 0 spiro atoms. The Hall–Kier alpha value is -0.850. The number of hydrogen-bond acceptors (Lipinski definition) is 6. The Morgan fingerprint density at radius 2 is 1.93 bits per heavy atom. The van der Waals surface area contributed by atoms with Gasteiger partial charge in [-0.2, -0.15) is 0 Å². The van der Waals surface area contributed by atoms with Crippen LogP contribution in [0.25, 0.3) is 0 Å². The zero-order valence-corrected chi connectivity index (χ0v) is 19.6. The number of nitrogens with zero attached hydrogens (tertiary/aromatic N) is 3. The standard InChI is InChI=1S/C18H31N5O3S.HI/c1-19-18(20-6-9-22-10-13-27(24,25)14-11-22)21-15-16(17-5-4-12-26-17)23-7-2-3-8-23;/h4-5,12,16H,2-3,6-11,13-15H2,1H3,(H2,19,20,21);1H. The third kappa shape index (κ3) is 6.89. The van der Waals surface area contributed by atoms with Gasteiger partial charge >= 0.3 is 0 Å². The minimum absolute atomic E-state index is 0. The number of guanidine groups is 1. The van der Waals surface area contributed by atoms with E-state index in [-0.39, 0.29) is 41.5 Å². The lowest BCUT2D eigenvalue weighted by molar-refractivity contribution is 0.215. The molecular weight excluding hydrogens is 493 g/mol. The molecule has 2 aliphatic heterocycles. The minimum atomic E-state index is -2.82. The van der Waals surface area contributed by atoms with Crippen molar-refractivity contribution in [1.82, 2.24) is 20.4 Å². The molecular formula is C18H32IN5O3S. The Balaban J connectivity index is 0.00000280. The molecule has 1 aromatic heterocycles. The fraction of sp³-hybridized carbons (Fsp3) is 0.722. The number of furan rings is 1. The Morgan fingerprint density at radius 3 is 2.54 bits per heavy atom. The number of likely N-dealkylation sites (tertiary alicyclic amines) is 1. The summed E-state index contributed by atoms with van der Waals surface area (Å²) in [6, 6.07) is 4.17. The molecule has 160 valence electrons. The van der Waals surface area contributed by atoms with Crippen LogP contribution in [0.1, 0.15) is 24.6 Å². The summed E-state index contributed by atoms with van der Waals surface area (Å²) < 4.78 is 28.6. The molecule has 2 aliphatic rings. The molecule has 10 heteroatoms. The fourth-order valence-corrected chi connectivity index (χ4v) is 4.94. The molecule has 1 aromatic rings. The first-order valence-corrected chi connectivity index (χ1v) is 11.5. The summed E-state index contributed by atoms with van der Waals surface area (Å²) >= 11 is 0. The first kappa shape index (κ1) is 23.4. The summed E-state index contributed by atoms with van der Waals surface area (Å²) in [6.45, 7) is 5.69. The molecule has 2 saturated heterocycles. The van der Waals surface area contributed by atoms with Gasteiger partial charge in [-0.05, 0) is 38.1 Å². The Morgan fingerprint density at radius 1 is 1.21 bits per heavy atom. The van der Waals surface area contributed by atoms with Gasteiger partial charge in [-0.1, -0.05) is 0 Å². The molecule has 0 amide bonds. The molecule has 1 unspecified atom stereocenters. The Labute approximate surface area is 185 Å². The van der Waals surface area contributed by atoms with Crippen molar-refractivity contribution in [3.63, 3.8) is 0 Å². The molecule has 2 N–H and O–H groups in total. The van der Waals surface area contributed by atoms with Crippen LogP contribution in [0.2, 0.25) is 0 Å². The quantitative estimate of drug-likeness (QED) is 0.311. The van der Waals surface area contributed by atoms with Crippen LogP contribution in [0.15, 0.2) is 27.8 Å². The Kier molecular flexibility index (Phi) is 9.51. The number of halogens is 1. The van der Waals surface area contributed by atoms with Crippen LogP contribution in [0.4, 0.5) is 0 Å². The first-order valence-electron chi connectivity index (χ1n) is 9.72. The van der Waals surface area contributed by atoms with E-state index in [2.05, 4.69) is 25.4 Å². The topological polar surface area (TPSA) is 90.2 Å². The largest absolute Gasteiger partial charge is 0.468 e. The molecule has 1 atom stereocenters. The van der Waals surface area contributed by atoms with Gasteiger partial charge in [0.2, 0.25) is 0 Å². The zero-order chi connectivity index (χ0) is 19.1. The molecule has 28 heavy (non-hydrogen) atoms. The molecule has 0 aliphatic carbocycles. The van der Waals surface area contributed by atoms with Crippen molar-refractivity contribution in [2.45, 2.75) is 18.9 Å². The number of nitrogens with one attached hydrogen (secondary N) is 2. The van der Waals surface area contributed by atoms with Crippen LogP contribution in [-0.2, 0) is 9.84 Å². The van der Waals surface area contributed by atoms with E-state index in [9.17, 15) is 8.42 Å². The molecule has 3 rings (SSSR count). The molecule has 0 radical (unpaired) electrons. The second-order valence-corrected chi connectivity index (χ2v) is 9.45. The first-order chi connectivity index (χ1) is 13.1. The maximum atomic E-state index is 11.5. The van der Waals surface area contributed by atoms with E-state index in [1.807, 2.05) is 12.1 Å². The third-order valence-corrected chi connectivity index (χ3v) is 6.91. The van der Waals surface area contributed by atoms with Gasteiger partial charge in [-0.15, -0.1) is 24.0 Å². The molecule has 2 fully saturated rings. The van der Waals surface area contributed by atoms with Gasteiger partial charge in [0.15, 0.2) is 15.8 Å². The van der Waals surface area contributed by atoms with E-state index >= 15 is 0 Å². The van der Waals surface area contributed by atoms with Gasteiger partial charge < -0.3 is 15.1 Å². The van der Waals surface area contributed by atoms with E-state index < -0.39 is 9.84 Å². The van der Waals surface area contributed by atoms with Crippen LogP contribution in [0, 0.1) is 0 Å². The molecule has 8 nitrogen and oxygen atoms in total. The van der Waals surface area contributed by atoms with Crippen LogP contribution < -0.4 is 10.6 Å². The lowest BCUT2D eigenvalue weighted by atomic mass is 10.2. The van der Waals surface area contributed by atoms with E-state index in [0.717, 1.165) is 44.4 Å². The van der Waals surface area contributed by atoms with Crippen molar-refractivity contribution in [2.24, 2.45) is 4.99 Å².